The van der Waals surface area contributed by atoms with Crippen LogP contribution in [-0.2, 0) is 6.61 Å². The van der Waals surface area contributed by atoms with Gasteiger partial charge in [0.25, 0.3) is 0 Å². The number of hydrogen-bond acceptors (Lipinski definition) is 3. The van der Waals surface area contributed by atoms with Crippen molar-refractivity contribution in [3.05, 3.63) is 41.5 Å². The summed E-state index contributed by atoms with van der Waals surface area (Å²) in [5.74, 6) is -0.249. The van der Waals surface area contributed by atoms with Gasteiger partial charge in [0, 0.05) is 0 Å². The Balaban J connectivity index is 2.40. The van der Waals surface area contributed by atoms with Crippen LogP contribution in [0.3, 0.4) is 0 Å². The third kappa shape index (κ3) is 1.87. The van der Waals surface area contributed by atoms with Crippen LogP contribution in [0.4, 0.5) is 4.39 Å². The van der Waals surface area contributed by atoms with Gasteiger partial charge in [0.1, 0.15) is 11.5 Å². The van der Waals surface area contributed by atoms with Crippen molar-refractivity contribution in [3.63, 3.8) is 0 Å². The number of hydrogen-bond donors (Lipinski definition) is 1. The van der Waals surface area contributed by atoms with Crippen LogP contribution in [0.1, 0.15) is 11.3 Å². The number of rotatable bonds is 2. The third-order valence-corrected chi connectivity index (χ3v) is 2.11. The Morgan fingerprint density at radius 3 is 2.87 bits per heavy atom. The maximum atomic E-state index is 13.0. The lowest BCUT2D eigenvalue weighted by Crippen LogP contribution is -1.96. The molecule has 0 bridgehead atoms. The summed E-state index contributed by atoms with van der Waals surface area (Å²) >= 11 is 0. The normalized spacial score (nSPS) is 10.6. The lowest BCUT2D eigenvalue weighted by Gasteiger charge is -2.01. The Kier molecular flexibility index (Phi) is 2.47. The molecule has 0 aliphatic rings. The van der Waals surface area contributed by atoms with E-state index in [-0.39, 0.29) is 12.4 Å². The monoisotopic (exact) mass is 207 g/mol. The fourth-order valence-electron chi connectivity index (χ4n) is 1.27. The first-order valence-electron chi connectivity index (χ1n) is 4.49. The van der Waals surface area contributed by atoms with Crippen molar-refractivity contribution in [1.29, 1.82) is 0 Å². The van der Waals surface area contributed by atoms with Crippen LogP contribution in [0.5, 0.6) is 0 Å². The van der Waals surface area contributed by atoms with Crippen molar-refractivity contribution in [2.24, 2.45) is 0 Å². The summed E-state index contributed by atoms with van der Waals surface area (Å²) in [5.41, 5.74) is 1.76. The average molecular weight is 207 g/mol. The van der Waals surface area contributed by atoms with Crippen molar-refractivity contribution < 1.29 is 9.50 Å². The molecule has 0 aliphatic heterocycles. The predicted octanol–water partition coefficient (Wildman–Crippen LogP) is 1.21. The zero-order chi connectivity index (χ0) is 10.8. The topological polar surface area (TPSA) is 50.9 Å². The first-order valence-corrected chi connectivity index (χ1v) is 4.49. The lowest BCUT2D eigenvalue weighted by molar-refractivity contribution is 0.276. The SMILES string of the molecule is Cc1cc(-n2cc(CO)nn2)ccc1F. The van der Waals surface area contributed by atoms with Gasteiger partial charge in [-0.3, -0.25) is 0 Å². The fraction of sp³-hybridized carbons (Fsp3) is 0.200. The molecule has 1 heterocycles. The molecular weight excluding hydrogens is 197 g/mol. The highest BCUT2D eigenvalue weighted by molar-refractivity contribution is 5.35. The molecule has 5 heteroatoms. The Bertz CT molecular complexity index is 481. The highest BCUT2D eigenvalue weighted by atomic mass is 19.1. The Morgan fingerprint density at radius 1 is 1.47 bits per heavy atom. The van der Waals surface area contributed by atoms with Crippen LogP contribution in [0.25, 0.3) is 5.69 Å². The molecule has 0 unspecified atom stereocenters. The largest absolute Gasteiger partial charge is 0.390 e. The molecule has 78 valence electrons. The van der Waals surface area contributed by atoms with Gasteiger partial charge in [-0.1, -0.05) is 5.21 Å². The van der Waals surface area contributed by atoms with E-state index in [9.17, 15) is 4.39 Å². The predicted molar refractivity (Wildman–Crippen MR) is 52.0 cm³/mol. The zero-order valence-corrected chi connectivity index (χ0v) is 8.18. The van der Waals surface area contributed by atoms with Crippen LogP contribution in [0.2, 0.25) is 0 Å². The van der Waals surface area contributed by atoms with Gasteiger partial charge in [-0.15, -0.1) is 5.10 Å². The molecule has 0 amide bonds. The number of nitrogens with zero attached hydrogens (tertiary/aromatic N) is 3. The van der Waals surface area contributed by atoms with Crippen LogP contribution in [-0.4, -0.2) is 20.1 Å². The van der Waals surface area contributed by atoms with Gasteiger partial charge in [0.2, 0.25) is 0 Å². The van der Waals surface area contributed by atoms with E-state index < -0.39 is 0 Å². The molecule has 0 aliphatic carbocycles. The smallest absolute Gasteiger partial charge is 0.126 e. The number of aliphatic hydroxyl groups is 1. The summed E-state index contributed by atoms with van der Waals surface area (Å²) in [7, 11) is 0. The summed E-state index contributed by atoms with van der Waals surface area (Å²) in [6, 6.07) is 4.66. The molecular formula is C10H10FN3O. The quantitative estimate of drug-likeness (QED) is 0.805. The van der Waals surface area contributed by atoms with E-state index in [0.29, 0.717) is 11.3 Å². The molecule has 0 saturated carbocycles. The van der Waals surface area contributed by atoms with E-state index in [4.69, 9.17) is 5.11 Å². The van der Waals surface area contributed by atoms with E-state index in [1.54, 1.807) is 25.3 Å². The minimum Gasteiger partial charge on any atom is -0.390 e. The minimum atomic E-state index is -0.249. The highest BCUT2D eigenvalue weighted by Crippen LogP contribution is 2.12. The van der Waals surface area contributed by atoms with Crippen molar-refractivity contribution in [3.8, 4) is 5.69 Å². The standard InChI is InChI=1S/C10H10FN3O/c1-7-4-9(2-3-10(7)11)14-5-8(6-15)12-13-14/h2-5,15H,6H2,1H3. The first kappa shape index (κ1) is 9.79. The molecule has 1 aromatic heterocycles. The van der Waals surface area contributed by atoms with Crippen molar-refractivity contribution >= 4 is 0 Å². The molecule has 0 fully saturated rings. The molecule has 0 radical (unpaired) electrons. The van der Waals surface area contributed by atoms with Gasteiger partial charge in [-0.05, 0) is 30.7 Å². The summed E-state index contributed by atoms with van der Waals surface area (Å²) in [6.07, 6.45) is 1.60. The number of halogens is 1. The summed E-state index contributed by atoms with van der Waals surface area (Å²) in [5, 5.41) is 16.4. The van der Waals surface area contributed by atoms with Gasteiger partial charge >= 0.3 is 0 Å². The fourth-order valence-corrected chi connectivity index (χ4v) is 1.27. The van der Waals surface area contributed by atoms with Crippen LogP contribution < -0.4 is 0 Å². The van der Waals surface area contributed by atoms with E-state index in [0.717, 1.165) is 5.69 Å². The van der Waals surface area contributed by atoms with Gasteiger partial charge in [0.05, 0.1) is 18.5 Å². The van der Waals surface area contributed by atoms with E-state index >= 15 is 0 Å². The molecule has 0 saturated heterocycles. The zero-order valence-electron chi connectivity index (χ0n) is 8.18. The second kappa shape index (κ2) is 3.78. The Morgan fingerprint density at radius 2 is 2.27 bits per heavy atom. The van der Waals surface area contributed by atoms with Crippen LogP contribution in [0, 0.1) is 12.7 Å². The first-order chi connectivity index (χ1) is 7.20. The molecule has 2 rings (SSSR count). The second-order valence-corrected chi connectivity index (χ2v) is 3.25. The van der Waals surface area contributed by atoms with E-state index in [1.807, 2.05) is 0 Å². The van der Waals surface area contributed by atoms with Crippen LogP contribution in [0.15, 0.2) is 24.4 Å². The molecule has 0 atom stereocenters. The summed E-state index contributed by atoms with van der Waals surface area (Å²) < 4.78 is 14.5. The Labute approximate surface area is 86.0 Å². The molecule has 2 aromatic rings. The highest BCUT2D eigenvalue weighted by Gasteiger charge is 2.03. The number of aromatic nitrogens is 3. The molecule has 4 nitrogen and oxygen atoms in total. The molecule has 0 spiro atoms. The maximum Gasteiger partial charge on any atom is 0.126 e. The van der Waals surface area contributed by atoms with Gasteiger partial charge in [-0.25, -0.2) is 9.07 Å². The van der Waals surface area contributed by atoms with E-state index in [1.165, 1.54) is 10.7 Å². The van der Waals surface area contributed by atoms with E-state index in [2.05, 4.69) is 10.3 Å². The second-order valence-electron chi connectivity index (χ2n) is 3.25. The average Bonchev–Trinajstić information content (AvgIpc) is 2.70. The van der Waals surface area contributed by atoms with Gasteiger partial charge in [-0.2, -0.15) is 0 Å². The third-order valence-electron chi connectivity index (χ3n) is 2.11. The minimum absolute atomic E-state index is 0.153. The van der Waals surface area contributed by atoms with Gasteiger partial charge in [0.15, 0.2) is 0 Å². The Hall–Kier alpha value is -1.75. The van der Waals surface area contributed by atoms with Crippen LogP contribution >= 0.6 is 0 Å². The van der Waals surface area contributed by atoms with Crippen molar-refractivity contribution in [1.82, 2.24) is 15.0 Å². The molecule has 1 aromatic carbocycles. The maximum absolute atomic E-state index is 13.0. The molecule has 1 N–H and O–H groups in total. The van der Waals surface area contributed by atoms with Crippen molar-refractivity contribution in [2.45, 2.75) is 13.5 Å². The summed E-state index contributed by atoms with van der Waals surface area (Å²) in [4.78, 5) is 0. The number of aliphatic hydroxyl groups excluding tert-OH is 1. The number of aryl methyl sites for hydroxylation is 1. The lowest BCUT2D eigenvalue weighted by atomic mass is 10.2. The summed E-state index contributed by atoms with van der Waals surface area (Å²) in [6.45, 7) is 1.53. The van der Waals surface area contributed by atoms with Gasteiger partial charge < -0.3 is 5.11 Å². The number of benzene rings is 1. The van der Waals surface area contributed by atoms with Crippen molar-refractivity contribution in [2.75, 3.05) is 0 Å². The molecule has 15 heavy (non-hydrogen) atoms.